The molecule has 1 aliphatic heterocycles. The van der Waals surface area contributed by atoms with Crippen molar-refractivity contribution in [2.75, 3.05) is 26.3 Å². The Hall–Kier alpha value is -1.65. The second-order valence-electron chi connectivity index (χ2n) is 5.27. The quantitative estimate of drug-likeness (QED) is 0.437. The molecule has 1 fully saturated rings. The van der Waals surface area contributed by atoms with Crippen molar-refractivity contribution in [1.29, 1.82) is 0 Å². The van der Waals surface area contributed by atoms with Gasteiger partial charge in [0, 0.05) is 0 Å². The number of benzene rings is 2. The van der Waals surface area contributed by atoms with Gasteiger partial charge in [-0.15, -0.1) is 0 Å². The van der Waals surface area contributed by atoms with E-state index < -0.39 is 0 Å². The normalized spacial score (nSPS) is 16.3. The topological polar surface area (TPSA) is 37.2 Å². The molecule has 1 aliphatic rings. The second-order valence-corrected chi connectivity index (χ2v) is 6.47. The van der Waals surface area contributed by atoms with E-state index in [1.807, 2.05) is 54.6 Å². The Balaban J connectivity index is 1.95. The molecule has 1 saturated heterocycles. The summed E-state index contributed by atoms with van der Waals surface area (Å²) in [5.74, 6) is 0.651. The van der Waals surface area contributed by atoms with Crippen molar-refractivity contribution in [3.63, 3.8) is 0 Å². The maximum absolute atomic E-state index is 6.00. The number of ether oxygens (including phenoxy) is 1. The predicted octanol–water partition coefficient (Wildman–Crippen LogP) is 3.28. The Kier molecular flexibility index (Phi) is 6.05. The van der Waals surface area contributed by atoms with Crippen LogP contribution in [0.3, 0.4) is 0 Å². The number of halogens is 1. The van der Waals surface area contributed by atoms with E-state index in [9.17, 15) is 0 Å². The predicted molar refractivity (Wildman–Crippen MR) is 99.7 cm³/mol. The molecule has 0 unspecified atom stereocenters. The monoisotopic (exact) mass is 406 g/mol. The zero-order valence-electron chi connectivity index (χ0n) is 13.1. The van der Waals surface area contributed by atoms with Gasteiger partial charge in [0.05, 0.1) is 0 Å². The number of hydrogen-bond acceptors (Lipinski definition) is 2. The number of aliphatic imine (C=N–C) groups is 2. The molecule has 0 aromatic heterocycles. The number of nitrogens with zero attached hydrogens (tertiary/aromatic N) is 3. The minimum atomic E-state index is 0.651. The van der Waals surface area contributed by atoms with Gasteiger partial charge in [-0.2, -0.15) is 0 Å². The summed E-state index contributed by atoms with van der Waals surface area (Å²) in [5, 5.41) is 0.693. The van der Waals surface area contributed by atoms with E-state index in [0.29, 0.717) is 24.1 Å². The molecule has 4 nitrogen and oxygen atoms in total. The Labute approximate surface area is 155 Å². The van der Waals surface area contributed by atoms with Gasteiger partial charge >= 0.3 is 155 Å². The third-order valence-corrected chi connectivity index (χ3v) is 4.56. The summed E-state index contributed by atoms with van der Waals surface area (Å²) < 4.78 is 6.22. The third kappa shape index (κ3) is 4.68. The molecule has 6 heteroatoms. The SMILES string of the molecule is Clc1ccc(C(=Nc2ccccc2)N=C([Se])N2CCOCC2)cc1. The standard InChI is InChI=1S/C18H17ClN3OSe/c19-15-8-6-14(7-9-15)17(20-16-4-2-1-3-5-16)21-18(24)22-10-12-23-13-11-22/h1-9H,10-13H2. The average molecular weight is 406 g/mol. The average Bonchev–Trinajstić information content (AvgIpc) is 2.63. The van der Waals surface area contributed by atoms with Crippen molar-refractivity contribution in [3.05, 3.63) is 65.2 Å². The molecule has 0 atom stereocenters. The van der Waals surface area contributed by atoms with E-state index in [2.05, 4.69) is 20.9 Å². The zero-order valence-corrected chi connectivity index (χ0v) is 15.5. The third-order valence-electron chi connectivity index (χ3n) is 3.58. The van der Waals surface area contributed by atoms with E-state index in [4.69, 9.17) is 26.3 Å². The first-order valence-corrected chi connectivity index (χ1v) is 8.94. The van der Waals surface area contributed by atoms with Crippen molar-refractivity contribution in [2.24, 2.45) is 9.98 Å². The summed E-state index contributed by atoms with van der Waals surface area (Å²) >= 11 is 9.06. The van der Waals surface area contributed by atoms with Crippen LogP contribution < -0.4 is 0 Å². The van der Waals surface area contributed by atoms with Crippen molar-refractivity contribution >= 4 is 43.9 Å². The van der Waals surface area contributed by atoms with E-state index >= 15 is 0 Å². The van der Waals surface area contributed by atoms with E-state index in [1.54, 1.807) is 0 Å². The molecule has 3 rings (SSSR count). The number of hydrogen-bond donors (Lipinski definition) is 0. The number of morpholine rings is 1. The Morgan fingerprint density at radius 2 is 1.67 bits per heavy atom. The number of rotatable bonds is 2. The van der Waals surface area contributed by atoms with Crippen LogP contribution in [0.15, 0.2) is 64.6 Å². The molecule has 1 heterocycles. The van der Waals surface area contributed by atoms with Crippen LogP contribution in [0, 0.1) is 0 Å². The van der Waals surface area contributed by atoms with Crippen LogP contribution in [0.25, 0.3) is 0 Å². The molecule has 0 N–H and O–H groups in total. The minimum absolute atomic E-state index is 0.651. The summed E-state index contributed by atoms with van der Waals surface area (Å²) in [5.41, 5.74) is 1.78. The fourth-order valence-electron chi connectivity index (χ4n) is 2.29. The van der Waals surface area contributed by atoms with Crippen LogP contribution in [0.5, 0.6) is 0 Å². The van der Waals surface area contributed by atoms with Crippen LogP contribution in [0.2, 0.25) is 5.02 Å². The molecule has 24 heavy (non-hydrogen) atoms. The summed E-state index contributed by atoms with van der Waals surface area (Å²) in [6.45, 7) is 3.08. The summed E-state index contributed by atoms with van der Waals surface area (Å²) in [6, 6.07) is 17.4. The first-order valence-electron chi connectivity index (χ1n) is 7.70. The Bertz CT molecular complexity index is 726. The summed E-state index contributed by atoms with van der Waals surface area (Å²) in [4.78, 5) is 11.6. The molecule has 0 amide bonds. The fourth-order valence-corrected chi connectivity index (χ4v) is 2.98. The van der Waals surface area contributed by atoms with Gasteiger partial charge in [0.2, 0.25) is 0 Å². The summed E-state index contributed by atoms with van der Waals surface area (Å²) in [7, 11) is 0. The van der Waals surface area contributed by atoms with Crippen LogP contribution >= 0.6 is 11.6 Å². The van der Waals surface area contributed by atoms with Crippen molar-refractivity contribution in [1.82, 2.24) is 4.90 Å². The molecular formula is C18H17ClN3OSe. The molecule has 0 aliphatic carbocycles. The van der Waals surface area contributed by atoms with Crippen molar-refractivity contribution in [2.45, 2.75) is 0 Å². The van der Waals surface area contributed by atoms with E-state index in [0.717, 1.165) is 29.1 Å². The van der Waals surface area contributed by atoms with Gasteiger partial charge in [-0.1, -0.05) is 0 Å². The molecule has 1 radical (unpaired) electrons. The first-order chi connectivity index (χ1) is 11.7. The van der Waals surface area contributed by atoms with Gasteiger partial charge in [-0.3, -0.25) is 0 Å². The molecule has 0 bridgehead atoms. The van der Waals surface area contributed by atoms with E-state index in [-0.39, 0.29) is 0 Å². The fraction of sp³-hybridized carbons (Fsp3) is 0.222. The molecule has 2 aromatic carbocycles. The van der Waals surface area contributed by atoms with Gasteiger partial charge < -0.3 is 0 Å². The zero-order chi connectivity index (χ0) is 16.8. The number of amidine groups is 2. The van der Waals surface area contributed by atoms with Crippen LogP contribution in [-0.4, -0.2) is 57.8 Å². The van der Waals surface area contributed by atoms with Crippen LogP contribution in [0.4, 0.5) is 5.69 Å². The van der Waals surface area contributed by atoms with Gasteiger partial charge in [-0.25, -0.2) is 0 Å². The summed E-state index contributed by atoms with van der Waals surface area (Å²) in [6.07, 6.45) is 0. The number of para-hydroxylation sites is 1. The molecule has 2 aromatic rings. The van der Waals surface area contributed by atoms with Gasteiger partial charge in [0.15, 0.2) is 0 Å². The molecular weight excluding hydrogens is 389 g/mol. The van der Waals surface area contributed by atoms with Gasteiger partial charge in [0.1, 0.15) is 0 Å². The van der Waals surface area contributed by atoms with Crippen LogP contribution in [0.1, 0.15) is 5.56 Å². The Morgan fingerprint density at radius 3 is 2.33 bits per heavy atom. The van der Waals surface area contributed by atoms with Gasteiger partial charge in [0.25, 0.3) is 0 Å². The molecule has 123 valence electrons. The molecule has 0 spiro atoms. The van der Waals surface area contributed by atoms with Crippen molar-refractivity contribution < 1.29 is 4.74 Å². The second kappa shape index (κ2) is 8.45. The van der Waals surface area contributed by atoms with E-state index in [1.165, 1.54) is 0 Å². The molecule has 0 saturated carbocycles. The van der Waals surface area contributed by atoms with Crippen LogP contribution in [-0.2, 0) is 4.74 Å². The Morgan fingerprint density at radius 1 is 1.00 bits per heavy atom. The van der Waals surface area contributed by atoms with Gasteiger partial charge in [-0.05, 0) is 0 Å². The first kappa shape index (κ1) is 17.2. The maximum atomic E-state index is 6.00. The van der Waals surface area contributed by atoms with Crippen molar-refractivity contribution in [3.8, 4) is 0 Å².